The van der Waals surface area contributed by atoms with E-state index < -0.39 is 5.82 Å². The van der Waals surface area contributed by atoms with Crippen molar-refractivity contribution in [3.05, 3.63) is 64.9 Å². The van der Waals surface area contributed by atoms with Crippen molar-refractivity contribution in [3.63, 3.8) is 0 Å². The second-order valence-electron chi connectivity index (χ2n) is 6.04. The molecule has 0 spiro atoms. The van der Waals surface area contributed by atoms with Crippen molar-refractivity contribution in [3.8, 4) is 0 Å². The second-order valence-corrected chi connectivity index (χ2v) is 6.45. The molecular weight excluding hydrogens is 357 g/mol. The maximum absolute atomic E-state index is 13.1. The maximum atomic E-state index is 13.1. The fourth-order valence-corrected chi connectivity index (χ4v) is 2.80. The molecule has 1 atom stereocenters. The first-order valence-corrected chi connectivity index (χ1v) is 8.50. The van der Waals surface area contributed by atoms with Gasteiger partial charge in [-0.1, -0.05) is 35.9 Å². The Hall–Kier alpha value is -2.44. The number of amides is 2. The Labute approximate surface area is 157 Å². The third-order valence-corrected chi connectivity index (χ3v) is 4.03. The molecule has 7 heteroatoms. The lowest BCUT2D eigenvalue weighted by Gasteiger charge is -2.19. The van der Waals surface area contributed by atoms with Gasteiger partial charge in [-0.2, -0.15) is 0 Å². The Balaban J connectivity index is 1.81. The van der Waals surface area contributed by atoms with E-state index in [1.165, 1.54) is 18.2 Å². The molecule has 0 radical (unpaired) electrons. The third kappa shape index (κ3) is 6.13. The van der Waals surface area contributed by atoms with Crippen molar-refractivity contribution in [2.45, 2.75) is 13.0 Å². The summed E-state index contributed by atoms with van der Waals surface area (Å²) in [6.07, 6.45) is 0. The van der Waals surface area contributed by atoms with Gasteiger partial charge >= 0.3 is 0 Å². The van der Waals surface area contributed by atoms with Gasteiger partial charge in [0.2, 0.25) is 11.8 Å². The van der Waals surface area contributed by atoms with E-state index in [-0.39, 0.29) is 30.9 Å². The van der Waals surface area contributed by atoms with E-state index in [2.05, 4.69) is 10.6 Å². The van der Waals surface area contributed by atoms with Crippen molar-refractivity contribution in [2.75, 3.05) is 25.5 Å². The van der Waals surface area contributed by atoms with Crippen LogP contribution in [-0.4, -0.2) is 36.9 Å². The Morgan fingerprint density at radius 2 is 1.81 bits per heavy atom. The van der Waals surface area contributed by atoms with Crippen molar-refractivity contribution in [1.29, 1.82) is 0 Å². The van der Waals surface area contributed by atoms with Crippen LogP contribution in [0.4, 0.5) is 10.1 Å². The molecule has 2 N–H and O–H groups in total. The Bertz CT molecular complexity index is 785. The van der Waals surface area contributed by atoms with Crippen LogP contribution >= 0.6 is 11.6 Å². The van der Waals surface area contributed by atoms with Crippen molar-refractivity contribution in [1.82, 2.24) is 10.2 Å². The van der Waals surface area contributed by atoms with Crippen LogP contribution < -0.4 is 10.6 Å². The van der Waals surface area contributed by atoms with E-state index in [4.69, 9.17) is 11.6 Å². The van der Waals surface area contributed by atoms with Gasteiger partial charge < -0.3 is 10.6 Å². The van der Waals surface area contributed by atoms with E-state index in [0.29, 0.717) is 10.7 Å². The summed E-state index contributed by atoms with van der Waals surface area (Å²) in [6.45, 7) is 1.89. The lowest BCUT2D eigenvalue weighted by atomic mass is 10.1. The maximum Gasteiger partial charge on any atom is 0.238 e. The fourth-order valence-electron chi connectivity index (χ4n) is 2.50. The van der Waals surface area contributed by atoms with Crippen LogP contribution in [0.2, 0.25) is 5.02 Å². The van der Waals surface area contributed by atoms with Gasteiger partial charge in [0.1, 0.15) is 5.82 Å². The molecule has 138 valence electrons. The monoisotopic (exact) mass is 377 g/mol. The highest BCUT2D eigenvalue weighted by molar-refractivity contribution is 6.31. The summed E-state index contributed by atoms with van der Waals surface area (Å²) in [5.41, 5.74) is 1.20. The van der Waals surface area contributed by atoms with Crippen LogP contribution in [0.5, 0.6) is 0 Å². The Morgan fingerprint density at radius 1 is 1.12 bits per heavy atom. The molecule has 2 aromatic carbocycles. The predicted molar refractivity (Wildman–Crippen MR) is 101 cm³/mol. The van der Waals surface area contributed by atoms with Crippen molar-refractivity contribution in [2.24, 2.45) is 0 Å². The van der Waals surface area contributed by atoms with Crippen LogP contribution in [0.1, 0.15) is 18.5 Å². The molecule has 0 aliphatic carbocycles. The average molecular weight is 378 g/mol. The number of nitrogens with one attached hydrogen (secondary N) is 2. The molecule has 0 aliphatic heterocycles. The fraction of sp³-hybridized carbons (Fsp3) is 0.263. The zero-order chi connectivity index (χ0) is 19.1. The number of anilines is 1. The van der Waals surface area contributed by atoms with Crippen LogP contribution in [-0.2, 0) is 9.59 Å². The van der Waals surface area contributed by atoms with E-state index >= 15 is 0 Å². The summed E-state index contributed by atoms with van der Waals surface area (Å²) in [4.78, 5) is 25.7. The van der Waals surface area contributed by atoms with Crippen molar-refractivity contribution >= 4 is 29.1 Å². The largest absolute Gasteiger partial charge is 0.348 e. The first-order valence-electron chi connectivity index (χ1n) is 8.13. The van der Waals surface area contributed by atoms with E-state index in [1.807, 2.05) is 25.1 Å². The molecule has 0 bridgehead atoms. The van der Waals surface area contributed by atoms with Crippen LogP contribution in [0.15, 0.2) is 48.5 Å². The highest BCUT2D eigenvalue weighted by Gasteiger charge is 2.15. The molecular formula is C19H21ClFN3O2. The van der Waals surface area contributed by atoms with Gasteiger partial charge in [-0.15, -0.1) is 0 Å². The molecule has 0 aliphatic rings. The first-order chi connectivity index (χ1) is 12.3. The number of carbonyl (C=O) groups is 2. The van der Waals surface area contributed by atoms with Crippen molar-refractivity contribution < 1.29 is 14.0 Å². The van der Waals surface area contributed by atoms with Crippen LogP contribution in [0.25, 0.3) is 0 Å². The number of halogens is 2. The summed E-state index contributed by atoms with van der Waals surface area (Å²) < 4.78 is 13.1. The number of hydrogen-bond acceptors (Lipinski definition) is 3. The number of nitrogens with zero attached hydrogens (tertiary/aromatic N) is 1. The van der Waals surface area contributed by atoms with Gasteiger partial charge in [0.15, 0.2) is 0 Å². The minimum atomic E-state index is -0.427. The molecule has 0 fully saturated rings. The molecule has 0 heterocycles. The zero-order valence-electron chi connectivity index (χ0n) is 14.6. The number of carbonyl (C=O) groups excluding carboxylic acids is 2. The lowest BCUT2D eigenvalue weighted by Crippen LogP contribution is -2.39. The summed E-state index contributed by atoms with van der Waals surface area (Å²) in [6, 6.07) is 12.7. The van der Waals surface area contributed by atoms with E-state index in [9.17, 15) is 14.0 Å². The lowest BCUT2D eigenvalue weighted by molar-refractivity contribution is -0.123. The third-order valence-electron chi connectivity index (χ3n) is 3.68. The van der Waals surface area contributed by atoms with Gasteiger partial charge in [-0.05, 0) is 43.8 Å². The van der Waals surface area contributed by atoms with Gasteiger partial charge in [0.05, 0.1) is 19.1 Å². The molecule has 2 amide bonds. The molecule has 0 saturated carbocycles. The smallest absolute Gasteiger partial charge is 0.238 e. The molecule has 5 nitrogen and oxygen atoms in total. The minimum Gasteiger partial charge on any atom is -0.348 e. The zero-order valence-corrected chi connectivity index (χ0v) is 15.4. The number of benzene rings is 2. The molecule has 2 aromatic rings. The van der Waals surface area contributed by atoms with Crippen LogP contribution in [0, 0.1) is 5.82 Å². The Kier molecular flexibility index (Phi) is 7.12. The SMILES string of the molecule is C[C@@H](NC(=O)CN(C)CC(=O)Nc1cccc(F)c1)c1ccccc1Cl. The highest BCUT2D eigenvalue weighted by atomic mass is 35.5. The quantitative estimate of drug-likeness (QED) is 0.778. The number of rotatable bonds is 7. The minimum absolute atomic E-state index is 0.00437. The summed E-state index contributed by atoms with van der Waals surface area (Å²) in [5.74, 6) is -0.979. The Morgan fingerprint density at radius 3 is 2.50 bits per heavy atom. The van der Waals surface area contributed by atoms with Gasteiger partial charge in [-0.25, -0.2) is 4.39 Å². The topological polar surface area (TPSA) is 61.4 Å². The van der Waals surface area contributed by atoms with Gasteiger partial charge in [0.25, 0.3) is 0 Å². The predicted octanol–water partition coefficient (Wildman–Crippen LogP) is 3.23. The molecule has 26 heavy (non-hydrogen) atoms. The summed E-state index contributed by atoms with van der Waals surface area (Å²) >= 11 is 6.12. The summed E-state index contributed by atoms with van der Waals surface area (Å²) in [7, 11) is 1.66. The number of likely N-dealkylation sites (N-methyl/N-ethyl adjacent to an activating group) is 1. The highest BCUT2D eigenvalue weighted by Crippen LogP contribution is 2.21. The first kappa shape index (κ1) is 19.9. The molecule has 2 rings (SSSR count). The average Bonchev–Trinajstić information content (AvgIpc) is 2.54. The van der Waals surface area contributed by atoms with Gasteiger partial charge in [0, 0.05) is 10.7 Å². The number of hydrogen-bond donors (Lipinski definition) is 2. The molecule has 0 unspecified atom stereocenters. The van der Waals surface area contributed by atoms with Gasteiger partial charge in [-0.3, -0.25) is 14.5 Å². The normalized spacial score (nSPS) is 11.9. The molecule has 0 aromatic heterocycles. The summed E-state index contributed by atoms with van der Waals surface area (Å²) in [5, 5.41) is 6.03. The van der Waals surface area contributed by atoms with Crippen LogP contribution in [0.3, 0.4) is 0 Å². The standard InChI is InChI=1S/C19H21ClFN3O2/c1-13(16-8-3-4-9-17(16)20)22-18(25)11-24(2)12-19(26)23-15-7-5-6-14(21)10-15/h3-10,13H,11-12H2,1-2H3,(H,22,25)(H,23,26)/t13-/m1/s1. The second kappa shape index (κ2) is 9.31. The van der Waals surface area contributed by atoms with E-state index in [1.54, 1.807) is 24.1 Å². The van der Waals surface area contributed by atoms with E-state index in [0.717, 1.165) is 5.56 Å². The molecule has 0 saturated heterocycles.